The summed E-state index contributed by atoms with van der Waals surface area (Å²) in [6.07, 6.45) is 10.4. The highest BCUT2D eigenvalue weighted by Crippen LogP contribution is 2.59. The fourth-order valence-electron chi connectivity index (χ4n) is 7.12. The van der Waals surface area contributed by atoms with Gasteiger partial charge in [0, 0.05) is 6.54 Å². The number of anilines is 1. The van der Waals surface area contributed by atoms with Crippen molar-refractivity contribution in [3.8, 4) is 0 Å². The Morgan fingerprint density at radius 3 is 2.55 bits per heavy atom. The fourth-order valence-corrected chi connectivity index (χ4v) is 7.44. The number of carbonyl (C=O) groups is 3. The highest BCUT2D eigenvalue weighted by Gasteiger charge is 2.76. The number of aliphatic hydroxyl groups excluding tert-OH is 1. The van der Waals surface area contributed by atoms with Crippen molar-refractivity contribution in [2.45, 2.75) is 76.7 Å². The van der Waals surface area contributed by atoms with Crippen LogP contribution in [-0.4, -0.2) is 70.8 Å². The second-order valence-corrected chi connectivity index (χ2v) is 12.1. The number of halogens is 1. The van der Waals surface area contributed by atoms with Crippen molar-refractivity contribution in [2.24, 2.45) is 17.8 Å². The van der Waals surface area contributed by atoms with Crippen LogP contribution >= 0.6 is 11.6 Å². The summed E-state index contributed by atoms with van der Waals surface area (Å²) in [6, 6.07) is 3.68. The minimum absolute atomic E-state index is 0.160. The number of cyclic esters (lactones) is 1. The Morgan fingerprint density at radius 2 is 1.88 bits per heavy atom. The molecule has 216 valence electrons. The van der Waals surface area contributed by atoms with Crippen molar-refractivity contribution in [1.82, 2.24) is 4.90 Å². The maximum atomic E-state index is 14.7. The van der Waals surface area contributed by atoms with Gasteiger partial charge in [0.15, 0.2) is 0 Å². The molecule has 0 radical (unpaired) electrons. The van der Waals surface area contributed by atoms with Crippen LogP contribution in [0.2, 0.25) is 5.02 Å². The Labute approximate surface area is 240 Å². The number of fused-ring (bicyclic) bond motifs is 2. The molecule has 1 N–H and O–H groups in total. The molecule has 8 nitrogen and oxygen atoms in total. The third kappa shape index (κ3) is 4.30. The maximum absolute atomic E-state index is 14.7. The van der Waals surface area contributed by atoms with Gasteiger partial charge in [0.05, 0.1) is 35.9 Å². The summed E-state index contributed by atoms with van der Waals surface area (Å²) in [5, 5.41) is 10.9. The van der Waals surface area contributed by atoms with Crippen LogP contribution in [0.3, 0.4) is 0 Å². The molecule has 5 rings (SSSR count). The fraction of sp³-hybridized carbons (Fsp3) is 0.581. The van der Waals surface area contributed by atoms with Crippen LogP contribution in [0.15, 0.2) is 42.5 Å². The van der Waals surface area contributed by atoms with Crippen LogP contribution in [0.5, 0.6) is 0 Å². The normalized spacial score (nSPS) is 33.8. The van der Waals surface area contributed by atoms with Crippen molar-refractivity contribution in [2.75, 3.05) is 24.7 Å². The number of hydrogen-bond donors (Lipinski definition) is 1. The van der Waals surface area contributed by atoms with Crippen molar-refractivity contribution in [3.63, 3.8) is 0 Å². The molecule has 1 aromatic carbocycles. The number of aryl methyl sites for hydroxylation is 1. The molecule has 4 aliphatic rings. The zero-order chi connectivity index (χ0) is 28.8. The smallest absolute Gasteiger partial charge is 0.313 e. The van der Waals surface area contributed by atoms with Crippen molar-refractivity contribution in [3.05, 3.63) is 53.1 Å². The lowest BCUT2D eigenvalue weighted by molar-refractivity contribution is -0.162. The maximum Gasteiger partial charge on any atom is 0.313 e. The lowest BCUT2D eigenvalue weighted by Gasteiger charge is -2.42. The summed E-state index contributed by atoms with van der Waals surface area (Å²) in [6.45, 7) is 7.77. The number of rotatable bonds is 5. The number of ether oxygens (including phenoxy) is 2. The minimum Gasteiger partial charge on any atom is -0.465 e. The van der Waals surface area contributed by atoms with Gasteiger partial charge in [-0.2, -0.15) is 0 Å². The molecule has 6 atom stereocenters. The standard InChI is InChI=1S/C31H39ClN2O6/c1-5-30-14-8-6-7-9-17-39-29(38)24(30)23-27(36)34(22(18-35)19(2)3)26-28(37)33(16-11-15-31(23,26)40-30)25-20(4)12-10-13-21(25)32/h8,10-15,19,22-24,26,35H,5-7,9,16-18H2,1-4H3/b14-8-/t22-,23-,24+,26?,30-,31-/m0/s1. The number of para-hydroxylation sites is 1. The number of likely N-dealkylation sites (tertiary alicyclic amines) is 1. The third-order valence-corrected chi connectivity index (χ3v) is 9.40. The van der Waals surface area contributed by atoms with E-state index < -0.39 is 41.1 Å². The predicted molar refractivity (Wildman–Crippen MR) is 152 cm³/mol. The van der Waals surface area contributed by atoms with Gasteiger partial charge in [-0.1, -0.05) is 68.8 Å². The number of amides is 2. The first-order valence-electron chi connectivity index (χ1n) is 14.3. The Hall–Kier alpha value is -2.68. The van der Waals surface area contributed by atoms with Gasteiger partial charge in [0.1, 0.15) is 23.2 Å². The van der Waals surface area contributed by atoms with E-state index in [-0.39, 0.29) is 37.5 Å². The molecule has 0 bridgehead atoms. The SMILES string of the molecule is CC[C@]12/C=C\CCCCOC(=O)[C@H]1[C@H]1C(=O)N([C@@H](CO)C(C)C)C3C(=O)N(c4c(C)cccc4Cl)CC=C[C@@]31O2. The van der Waals surface area contributed by atoms with E-state index in [0.29, 0.717) is 17.1 Å². The van der Waals surface area contributed by atoms with E-state index in [1.54, 1.807) is 11.0 Å². The number of allylic oxidation sites excluding steroid dienone is 1. The van der Waals surface area contributed by atoms with Crippen molar-refractivity contribution in [1.29, 1.82) is 0 Å². The quantitative estimate of drug-likeness (QED) is 0.421. The van der Waals surface area contributed by atoms with E-state index in [1.165, 1.54) is 4.90 Å². The lowest BCUT2D eigenvalue weighted by atomic mass is 9.73. The summed E-state index contributed by atoms with van der Waals surface area (Å²) in [4.78, 5) is 46.2. The molecule has 4 aliphatic heterocycles. The van der Waals surface area contributed by atoms with E-state index in [4.69, 9.17) is 21.1 Å². The van der Waals surface area contributed by atoms with Crippen LogP contribution < -0.4 is 4.90 Å². The monoisotopic (exact) mass is 570 g/mol. The number of carbonyl (C=O) groups excluding carboxylic acids is 3. The zero-order valence-corrected chi connectivity index (χ0v) is 24.4. The van der Waals surface area contributed by atoms with Gasteiger partial charge in [0.25, 0.3) is 5.91 Å². The van der Waals surface area contributed by atoms with E-state index in [9.17, 15) is 19.5 Å². The van der Waals surface area contributed by atoms with Gasteiger partial charge in [-0.3, -0.25) is 14.4 Å². The summed E-state index contributed by atoms with van der Waals surface area (Å²) in [7, 11) is 0. The third-order valence-electron chi connectivity index (χ3n) is 9.09. The summed E-state index contributed by atoms with van der Waals surface area (Å²) in [5.74, 6) is -3.32. The molecule has 0 saturated carbocycles. The number of nitrogens with zero attached hydrogens (tertiary/aromatic N) is 2. The first kappa shape index (κ1) is 28.8. The average Bonchev–Trinajstić information content (AvgIpc) is 3.27. The van der Waals surface area contributed by atoms with Gasteiger partial charge in [-0.25, -0.2) is 0 Å². The second kappa shape index (κ2) is 11.0. The Morgan fingerprint density at radius 1 is 1.10 bits per heavy atom. The lowest BCUT2D eigenvalue weighted by Crippen LogP contribution is -2.60. The summed E-state index contributed by atoms with van der Waals surface area (Å²) < 4.78 is 12.7. The summed E-state index contributed by atoms with van der Waals surface area (Å²) in [5.41, 5.74) is -1.17. The van der Waals surface area contributed by atoms with E-state index in [2.05, 4.69) is 0 Å². The van der Waals surface area contributed by atoms with Gasteiger partial charge >= 0.3 is 5.97 Å². The van der Waals surface area contributed by atoms with E-state index in [0.717, 1.165) is 24.8 Å². The minimum atomic E-state index is -1.43. The van der Waals surface area contributed by atoms with E-state index >= 15 is 0 Å². The molecule has 2 amide bonds. The van der Waals surface area contributed by atoms with Gasteiger partial charge in [-0.05, 0) is 50.2 Å². The number of aliphatic hydroxyl groups is 1. The molecule has 9 heteroatoms. The Kier molecular flexibility index (Phi) is 7.89. The van der Waals surface area contributed by atoms with Crippen LogP contribution in [0.1, 0.15) is 52.0 Å². The highest BCUT2D eigenvalue weighted by atomic mass is 35.5. The number of esters is 1. The Bertz CT molecular complexity index is 1230. The molecular formula is C31H39ClN2O6. The Balaban J connectivity index is 1.73. The molecule has 0 aromatic heterocycles. The van der Waals surface area contributed by atoms with Gasteiger partial charge in [-0.15, -0.1) is 0 Å². The second-order valence-electron chi connectivity index (χ2n) is 11.7. The highest BCUT2D eigenvalue weighted by molar-refractivity contribution is 6.34. The first-order valence-corrected chi connectivity index (χ1v) is 14.7. The van der Waals surface area contributed by atoms with Gasteiger partial charge in [0.2, 0.25) is 5.91 Å². The van der Waals surface area contributed by atoms with Crippen LogP contribution in [-0.2, 0) is 23.9 Å². The average molecular weight is 571 g/mol. The molecule has 4 heterocycles. The molecule has 40 heavy (non-hydrogen) atoms. The molecule has 1 aromatic rings. The zero-order valence-electron chi connectivity index (χ0n) is 23.6. The van der Waals surface area contributed by atoms with E-state index in [1.807, 2.05) is 64.1 Å². The molecule has 0 aliphatic carbocycles. The van der Waals surface area contributed by atoms with Crippen LogP contribution in [0, 0.1) is 24.7 Å². The first-order chi connectivity index (χ1) is 19.1. The molecule has 1 unspecified atom stereocenters. The largest absolute Gasteiger partial charge is 0.465 e. The molecule has 1 spiro atoms. The predicted octanol–water partition coefficient (Wildman–Crippen LogP) is 4.21. The number of hydrogen-bond acceptors (Lipinski definition) is 6. The topological polar surface area (TPSA) is 96.4 Å². The molecular weight excluding hydrogens is 532 g/mol. The van der Waals surface area contributed by atoms with Crippen molar-refractivity contribution >= 4 is 35.1 Å². The van der Waals surface area contributed by atoms with Crippen molar-refractivity contribution < 1.29 is 29.0 Å². The molecule has 2 saturated heterocycles. The summed E-state index contributed by atoms with van der Waals surface area (Å²) >= 11 is 6.63. The number of benzene rings is 1. The van der Waals surface area contributed by atoms with Gasteiger partial charge < -0.3 is 24.4 Å². The van der Waals surface area contributed by atoms with Crippen LogP contribution in [0.4, 0.5) is 5.69 Å². The molecule has 2 fully saturated rings. The van der Waals surface area contributed by atoms with Crippen LogP contribution in [0.25, 0.3) is 0 Å².